The lowest BCUT2D eigenvalue weighted by molar-refractivity contribution is -0.122. The molecule has 0 spiro atoms. The summed E-state index contributed by atoms with van der Waals surface area (Å²) >= 11 is 3.31. The van der Waals surface area contributed by atoms with Crippen LogP contribution in [0.3, 0.4) is 0 Å². The van der Waals surface area contributed by atoms with E-state index in [1.165, 1.54) is 12.1 Å². The highest BCUT2D eigenvalue weighted by Crippen LogP contribution is 2.20. The number of hydrogen-bond donors (Lipinski definition) is 3. The zero-order valence-corrected chi connectivity index (χ0v) is 19.2. The molecule has 1 atom stereocenters. The number of H-pyrrole nitrogens is 1. The van der Waals surface area contributed by atoms with Gasteiger partial charge in [-0.2, -0.15) is 4.72 Å². The first kappa shape index (κ1) is 22.5. The molecule has 0 saturated heterocycles. The van der Waals surface area contributed by atoms with Crippen molar-refractivity contribution in [2.45, 2.75) is 43.5 Å². The fourth-order valence-electron chi connectivity index (χ4n) is 3.29. The van der Waals surface area contributed by atoms with Gasteiger partial charge in [0.15, 0.2) is 0 Å². The molecule has 1 amide bonds. The average Bonchev–Trinajstić information content (AvgIpc) is 3.14. The van der Waals surface area contributed by atoms with Crippen LogP contribution in [0.5, 0.6) is 0 Å². The number of rotatable bonds is 10. The molecule has 3 N–H and O–H groups in total. The number of hydrogen-bond acceptors (Lipinski definition) is 3. The standard InChI is InChI=1S/C22H26BrN3O3S/c1-2-3-6-13-24-22(27)21(14-16-15-25-20-8-5-4-7-19(16)20)26-30(28,29)18-11-9-17(23)10-12-18/h4-5,7-12,15,21,25-26H,2-3,6,13-14H2,1H3,(H,24,27). The Morgan fingerprint density at radius 2 is 1.83 bits per heavy atom. The maximum absolute atomic E-state index is 12.9. The minimum Gasteiger partial charge on any atom is -0.361 e. The molecule has 0 saturated carbocycles. The van der Waals surface area contributed by atoms with Crippen LogP contribution in [-0.2, 0) is 21.2 Å². The lowest BCUT2D eigenvalue weighted by Crippen LogP contribution is -2.48. The highest BCUT2D eigenvalue weighted by molar-refractivity contribution is 9.10. The van der Waals surface area contributed by atoms with Gasteiger partial charge in [-0.3, -0.25) is 4.79 Å². The van der Waals surface area contributed by atoms with Crippen molar-refractivity contribution in [1.29, 1.82) is 0 Å². The Labute approximate surface area is 185 Å². The van der Waals surface area contributed by atoms with Crippen LogP contribution in [0, 0.1) is 0 Å². The molecule has 0 aliphatic heterocycles. The number of halogens is 1. The van der Waals surface area contributed by atoms with Crippen molar-refractivity contribution in [3.63, 3.8) is 0 Å². The van der Waals surface area contributed by atoms with Gasteiger partial charge < -0.3 is 10.3 Å². The van der Waals surface area contributed by atoms with Crippen LogP contribution in [0.2, 0.25) is 0 Å². The second kappa shape index (κ2) is 10.2. The normalized spacial score (nSPS) is 12.7. The summed E-state index contributed by atoms with van der Waals surface area (Å²) < 4.78 is 29.2. The molecule has 1 heterocycles. The number of aromatic nitrogens is 1. The van der Waals surface area contributed by atoms with E-state index in [-0.39, 0.29) is 17.2 Å². The van der Waals surface area contributed by atoms with Crippen molar-refractivity contribution in [2.75, 3.05) is 6.54 Å². The van der Waals surface area contributed by atoms with E-state index in [1.807, 2.05) is 30.5 Å². The molecule has 3 aromatic rings. The Hall–Kier alpha value is -2.16. The lowest BCUT2D eigenvalue weighted by Gasteiger charge is -2.18. The molecule has 0 bridgehead atoms. The minimum atomic E-state index is -3.85. The summed E-state index contributed by atoms with van der Waals surface area (Å²) in [6.07, 6.45) is 5.00. The SMILES string of the molecule is CCCCCNC(=O)C(Cc1c[nH]c2ccccc12)NS(=O)(=O)c1ccc(Br)cc1. The van der Waals surface area contributed by atoms with E-state index in [2.05, 4.69) is 37.9 Å². The van der Waals surface area contributed by atoms with Crippen molar-refractivity contribution in [2.24, 2.45) is 0 Å². The molecule has 3 rings (SSSR count). The predicted octanol–water partition coefficient (Wildman–Crippen LogP) is 4.13. The third-order valence-electron chi connectivity index (χ3n) is 4.92. The van der Waals surface area contributed by atoms with Crippen LogP contribution in [0.15, 0.2) is 64.1 Å². The number of benzene rings is 2. The van der Waals surface area contributed by atoms with E-state index < -0.39 is 16.1 Å². The summed E-state index contributed by atoms with van der Waals surface area (Å²) in [5.41, 5.74) is 1.84. The van der Waals surface area contributed by atoms with Crippen LogP contribution in [-0.4, -0.2) is 31.9 Å². The first-order chi connectivity index (χ1) is 14.4. The lowest BCUT2D eigenvalue weighted by atomic mass is 10.1. The first-order valence-corrected chi connectivity index (χ1v) is 12.3. The van der Waals surface area contributed by atoms with Gasteiger partial charge in [0, 0.05) is 28.1 Å². The Morgan fingerprint density at radius 1 is 1.10 bits per heavy atom. The number of carbonyl (C=O) groups is 1. The summed E-state index contributed by atoms with van der Waals surface area (Å²) in [6, 6.07) is 13.2. The first-order valence-electron chi connectivity index (χ1n) is 10.0. The second-order valence-electron chi connectivity index (χ2n) is 7.19. The van der Waals surface area contributed by atoms with E-state index in [1.54, 1.807) is 12.1 Å². The summed E-state index contributed by atoms with van der Waals surface area (Å²) in [5.74, 6) is -0.322. The number of aromatic amines is 1. The fraction of sp³-hybridized carbons (Fsp3) is 0.318. The van der Waals surface area contributed by atoms with E-state index in [4.69, 9.17) is 0 Å². The van der Waals surface area contributed by atoms with Gasteiger partial charge in [0.25, 0.3) is 0 Å². The summed E-state index contributed by atoms with van der Waals surface area (Å²) in [5, 5.41) is 3.85. The molecule has 8 heteroatoms. The topological polar surface area (TPSA) is 91.1 Å². The minimum absolute atomic E-state index is 0.119. The van der Waals surface area contributed by atoms with Crippen molar-refractivity contribution < 1.29 is 13.2 Å². The highest BCUT2D eigenvalue weighted by Gasteiger charge is 2.26. The van der Waals surface area contributed by atoms with Gasteiger partial charge in [0.05, 0.1) is 4.90 Å². The van der Waals surface area contributed by atoms with E-state index >= 15 is 0 Å². The molecule has 160 valence electrons. The Bertz CT molecular complexity index is 1090. The molecular weight excluding hydrogens is 466 g/mol. The summed E-state index contributed by atoms with van der Waals surface area (Å²) in [4.78, 5) is 16.2. The molecule has 0 radical (unpaired) electrons. The van der Waals surface area contributed by atoms with Crippen molar-refractivity contribution >= 4 is 42.8 Å². The number of amides is 1. The number of para-hydroxylation sites is 1. The van der Waals surface area contributed by atoms with Crippen LogP contribution in [0.4, 0.5) is 0 Å². The van der Waals surface area contributed by atoms with Gasteiger partial charge in [-0.05, 0) is 48.7 Å². The summed E-state index contributed by atoms with van der Waals surface area (Å²) in [6.45, 7) is 2.62. The van der Waals surface area contributed by atoms with Crippen molar-refractivity contribution in [3.05, 3.63) is 64.8 Å². The third kappa shape index (κ3) is 5.71. The van der Waals surface area contributed by atoms with E-state index in [0.29, 0.717) is 6.54 Å². The van der Waals surface area contributed by atoms with Crippen molar-refractivity contribution in [3.8, 4) is 0 Å². The molecular formula is C22H26BrN3O3S. The van der Waals surface area contributed by atoms with Crippen LogP contribution in [0.25, 0.3) is 10.9 Å². The number of sulfonamides is 1. The zero-order chi connectivity index (χ0) is 21.6. The Kier molecular flexibility index (Phi) is 7.69. The van der Waals surface area contributed by atoms with E-state index in [0.717, 1.165) is 40.2 Å². The quantitative estimate of drug-likeness (QED) is 0.372. The van der Waals surface area contributed by atoms with Gasteiger partial charge in [-0.25, -0.2) is 8.42 Å². The average molecular weight is 492 g/mol. The number of carbonyl (C=O) groups excluding carboxylic acids is 1. The molecule has 0 aliphatic rings. The van der Waals surface area contributed by atoms with E-state index in [9.17, 15) is 13.2 Å². The molecule has 6 nitrogen and oxygen atoms in total. The monoisotopic (exact) mass is 491 g/mol. The number of nitrogens with one attached hydrogen (secondary N) is 3. The maximum Gasteiger partial charge on any atom is 0.241 e. The van der Waals surface area contributed by atoms with Gasteiger partial charge >= 0.3 is 0 Å². The van der Waals surface area contributed by atoms with Gasteiger partial charge in [0.2, 0.25) is 15.9 Å². The molecule has 0 fully saturated rings. The van der Waals surface area contributed by atoms with Gasteiger partial charge in [-0.15, -0.1) is 0 Å². The molecule has 1 unspecified atom stereocenters. The highest BCUT2D eigenvalue weighted by atomic mass is 79.9. The Balaban J connectivity index is 1.83. The zero-order valence-electron chi connectivity index (χ0n) is 16.8. The number of unbranched alkanes of at least 4 members (excludes halogenated alkanes) is 2. The maximum atomic E-state index is 12.9. The predicted molar refractivity (Wildman–Crippen MR) is 123 cm³/mol. The molecule has 2 aromatic carbocycles. The molecule has 1 aromatic heterocycles. The van der Waals surface area contributed by atoms with Crippen LogP contribution >= 0.6 is 15.9 Å². The molecule has 0 aliphatic carbocycles. The third-order valence-corrected chi connectivity index (χ3v) is 6.93. The summed E-state index contributed by atoms with van der Waals surface area (Å²) in [7, 11) is -3.85. The Morgan fingerprint density at radius 3 is 2.57 bits per heavy atom. The van der Waals surface area contributed by atoms with Crippen molar-refractivity contribution in [1.82, 2.24) is 15.0 Å². The van der Waals surface area contributed by atoms with Gasteiger partial charge in [0.1, 0.15) is 6.04 Å². The smallest absolute Gasteiger partial charge is 0.241 e. The largest absolute Gasteiger partial charge is 0.361 e. The molecule has 30 heavy (non-hydrogen) atoms. The van der Waals surface area contributed by atoms with Crippen LogP contribution < -0.4 is 10.0 Å². The van der Waals surface area contributed by atoms with Gasteiger partial charge in [-0.1, -0.05) is 53.9 Å². The second-order valence-corrected chi connectivity index (χ2v) is 9.82. The number of fused-ring (bicyclic) bond motifs is 1. The fourth-order valence-corrected chi connectivity index (χ4v) is 4.75. The van der Waals surface area contributed by atoms with Crippen LogP contribution in [0.1, 0.15) is 31.7 Å².